The second kappa shape index (κ2) is 9.54. The fourth-order valence-electron chi connectivity index (χ4n) is 3.52. The standard InChI is InChI=1S/C17H33NO4.V/c1-13(19)8-9-21-22-14(2)12-18-16(3,4)10-15(20-7)11-17(18,5)6;/h14-15H,8-12H2,1-7H3;. The van der Waals surface area contributed by atoms with Crippen molar-refractivity contribution in [3.63, 3.8) is 0 Å². The van der Waals surface area contributed by atoms with Crippen LogP contribution in [0, 0.1) is 0 Å². The van der Waals surface area contributed by atoms with E-state index in [1.165, 1.54) is 0 Å². The molecule has 0 aromatic heterocycles. The van der Waals surface area contributed by atoms with Crippen LogP contribution in [0.4, 0.5) is 0 Å². The third kappa shape index (κ3) is 7.24. The van der Waals surface area contributed by atoms with Gasteiger partial charge in [0.2, 0.25) is 0 Å². The normalized spacial score (nSPS) is 22.4. The molecular formula is C17H33NO4V. The van der Waals surface area contributed by atoms with Crippen molar-refractivity contribution < 1.29 is 37.9 Å². The zero-order valence-electron chi connectivity index (χ0n) is 15.7. The molecule has 1 aliphatic rings. The first kappa shape index (κ1) is 23.1. The molecule has 135 valence electrons. The Labute approximate surface area is 153 Å². The number of ketones is 1. The number of likely N-dealkylation sites (tertiary alicyclic amines) is 1. The monoisotopic (exact) mass is 366 g/mol. The van der Waals surface area contributed by atoms with Gasteiger partial charge >= 0.3 is 0 Å². The van der Waals surface area contributed by atoms with Gasteiger partial charge in [-0.2, -0.15) is 0 Å². The topological polar surface area (TPSA) is 48.0 Å². The van der Waals surface area contributed by atoms with Crippen molar-refractivity contribution in [1.29, 1.82) is 0 Å². The van der Waals surface area contributed by atoms with E-state index < -0.39 is 0 Å². The van der Waals surface area contributed by atoms with E-state index in [0.717, 1.165) is 19.4 Å². The number of ether oxygens (including phenoxy) is 1. The minimum atomic E-state index is -0.0513. The van der Waals surface area contributed by atoms with Gasteiger partial charge in [-0.15, -0.1) is 0 Å². The molecule has 0 aliphatic carbocycles. The molecule has 0 amide bonds. The summed E-state index contributed by atoms with van der Waals surface area (Å²) in [6, 6.07) is 0. The number of hydrogen-bond acceptors (Lipinski definition) is 5. The first-order valence-electron chi connectivity index (χ1n) is 8.17. The zero-order chi connectivity index (χ0) is 17.0. The number of Topliss-reactive ketones (excluding diaryl/α,β-unsaturated/α-hetero) is 1. The molecule has 0 bridgehead atoms. The van der Waals surface area contributed by atoms with Crippen LogP contribution in [-0.4, -0.2) is 54.2 Å². The summed E-state index contributed by atoms with van der Waals surface area (Å²) in [6.07, 6.45) is 2.65. The van der Waals surface area contributed by atoms with Gasteiger partial charge in [0, 0.05) is 49.7 Å². The van der Waals surface area contributed by atoms with Crippen molar-refractivity contribution in [2.75, 3.05) is 20.3 Å². The summed E-state index contributed by atoms with van der Waals surface area (Å²) in [5, 5.41) is 0. The van der Waals surface area contributed by atoms with Gasteiger partial charge in [-0.25, -0.2) is 9.78 Å². The van der Waals surface area contributed by atoms with Crippen LogP contribution in [-0.2, 0) is 37.9 Å². The van der Waals surface area contributed by atoms with Gasteiger partial charge in [0.15, 0.2) is 0 Å². The molecule has 1 saturated heterocycles. The number of methoxy groups -OCH3 is 1. The summed E-state index contributed by atoms with van der Waals surface area (Å²) >= 11 is 0. The van der Waals surface area contributed by atoms with E-state index in [4.69, 9.17) is 14.5 Å². The number of nitrogens with zero attached hydrogens (tertiary/aromatic N) is 1. The number of piperidine rings is 1. The molecule has 0 saturated carbocycles. The summed E-state index contributed by atoms with van der Waals surface area (Å²) in [5.74, 6) is 0.111. The molecule has 1 rings (SSSR count). The number of rotatable bonds is 8. The van der Waals surface area contributed by atoms with Gasteiger partial charge < -0.3 is 4.74 Å². The van der Waals surface area contributed by atoms with Gasteiger partial charge in [0.25, 0.3) is 0 Å². The third-order valence-electron chi connectivity index (χ3n) is 4.46. The predicted octanol–water partition coefficient (Wildman–Crippen LogP) is 2.97. The van der Waals surface area contributed by atoms with E-state index >= 15 is 0 Å². The Kier molecular flexibility index (Phi) is 9.58. The summed E-state index contributed by atoms with van der Waals surface area (Å²) in [7, 11) is 1.79. The zero-order valence-corrected chi connectivity index (χ0v) is 17.1. The maximum Gasteiger partial charge on any atom is 0.132 e. The van der Waals surface area contributed by atoms with Gasteiger partial charge in [0.05, 0.1) is 12.7 Å². The van der Waals surface area contributed by atoms with E-state index in [2.05, 4.69) is 32.6 Å². The Morgan fingerprint density at radius 2 is 1.74 bits per heavy atom. The Morgan fingerprint density at radius 3 is 2.17 bits per heavy atom. The summed E-state index contributed by atoms with van der Waals surface area (Å²) in [4.78, 5) is 23.9. The Balaban J connectivity index is 0.00000484. The second-order valence-corrected chi connectivity index (χ2v) is 7.68. The second-order valence-electron chi connectivity index (χ2n) is 7.68. The van der Waals surface area contributed by atoms with Crippen molar-refractivity contribution in [3.05, 3.63) is 0 Å². The molecule has 1 heterocycles. The maximum atomic E-state index is 10.9. The smallest absolute Gasteiger partial charge is 0.132 e. The molecule has 0 spiro atoms. The fourth-order valence-corrected chi connectivity index (χ4v) is 3.52. The van der Waals surface area contributed by atoms with Crippen molar-refractivity contribution >= 4 is 5.78 Å². The van der Waals surface area contributed by atoms with Gasteiger partial charge in [-0.05, 0) is 54.4 Å². The van der Waals surface area contributed by atoms with Crippen LogP contribution in [0.15, 0.2) is 0 Å². The van der Waals surface area contributed by atoms with E-state index in [1.807, 2.05) is 6.92 Å². The first-order chi connectivity index (χ1) is 10.1. The van der Waals surface area contributed by atoms with E-state index in [0.29, 0.717) is 19.1 Å². The van der Waals surface area contributed by atoms with E-state index in [-0.39, 0.29) is 41.5 Å². The van der Waals surface area contributed by atoms with Crippen LogP contribution in [0.3, 0.4) is 0 Å². The molecular weight excluding hydrogens is 333 g/mol. The Morgan fingerprint density at radius 1 is 1.22 bits per heavy atom. The van der Waals surface area contributed by atoms with Crippen molar-refractivity contribution in [2.24, 2.45) is 0 Å². The fraction of sp³-hybridized carbons (Fsp3) is 0.941. The molecule has 6 heteroatoms. The molecule has 1 aliphatic heterocycles. The molecule has 1 unspecified atom stereocenters. The molecule has 0 aromatic rings. The summed E-state index contributed by atoms with van der Waals surface area (Å²) in [6.45, 7) is 13.7. The van der Waals surface area contributed by atoms with Crippen molar-refractivity contribution in [3.8, 4) is 0 Å². The summed E-state index contributed by atoms with van der Waals surface area (Å²) < 4.78 is 5.60. The van der Waals surface area contributed by atoms with Crippen LogP contribution >= 0.6 is 0 Å². The van der Waals surface area contributed by atoms with Crippen LogP contribution in [0.1, 0.15) is 60.8 Å². The Hall–Kier alpha value is 0.0944. The third-order valence-corrected chi connectivity index (χ3v) is 4.46. The van der Waals surface area contributed by atoms with Crippen molar-refractivity contribution in [1.82, 2.24) is 4.90 Å². The SMILES string of the molecule is COC1CC(C)(C)N(CC(C)OOCCC(C)=O)C(C)(C)C1.[V]. The van der Waals surface area contributed by atoms with Crippen LogP contribution in [0.2, 0.25) is 0 Å². The minimum Gasteiger partial charge on any atom is -0.381 e. The number of carbonyl (C=O) groups excluding carboxylic acids is 1. The van der Waals surface area contributed by atoms with Gasteiger partial charge in [-0.3, -0.25) is 9.69 Å². The van der Waals surface area contributed by atoms with E-state index in [1.54, 1.807) is 14.0 Å². The van der Waals surface area contributed by atoms with Crippen LogP contribution in [0.25, 0.3) is 0 Å². The van der Waals surface area contributed by atoms with Crippen LogP contribution < -0.4 is 0 Å². The van der Waals surface area contributed by atoms with Crippen molar-refractivity contribution in [2.45, 2.75) is 84.1 Å². The van der Waals surface area contributed by atoms with E-state index in [9.17, 15) is 4.79 Å². The molecule has 1 atom stereocenters. The largest absolute Gasteiger partial charge is 0.381 e. The predicted molar refractivity (Wildman–Crippen MR) is 86.7 cm³/mol. The maximum absolute atomic E-state index is 10.9. The van der Waals surface area contributed by atoms with Crippen LogP contribution in [0.5, 0.6) is 0 Å². The first-order valence-corrected chi connectivity index (χ1v) is 8.17. The Bertz CT molecular complexity index is 356. The number of hydrogen-bond donors (Lipinski definition) is 0. The molecule has 1 radical (unpaired) electrons. The molecule has 23 heavy (non-hydrogen) atoms. The number of carbonyl (C=O) groups is 1. The van der Waals surface area contributed by atoms with Gasteiger partial charge in [-0.1, -0.05) is 0 Å². The summed E-state index contributed by atoms with van der Waals surface area (Å²) in [5.41, 5.74) is 0.0822. The molecule has 0 N–H and O–H groups in total. The average molecular weight is 366 g/mol. The van der Waals surface area contributed by atoms with Gasteiger partial charge in [0.1, 0.15) is 11.9 Å². The quantitative estimate of drug-likeness (QED) is 0.376. The molecule has 5 nitrogen and oxygen atoms in total. The molecule has 0 aromatic carbocycles. The average Bonchev–Trinajstić information content (AvgIpc) is 2.37. The minimum absolute atomic E-state index is 0. The molecule has 1 fully saturated rings.